The SMILES string of the molecule is COC1CC(C(=O)Nc2ccc(F)nc2)N(c2nc3c(c(Nc4cc(C5CC5)[nH]n4)n2)CCC3)C1. The lowest BCUT2D eigenvalue weighted by molar-refractivity contribution is -0.117. The zero-order chi connectivity index (χ0) is 23.9. The van der Waals surface area contributed by atoms with Crippen molar-refractivity contribution in [2.75, 3.05) is 29.2 Å². The lowest BCUT2D eigenvalue weighted by atomic mass is 10.2. The maximum Gasteiger partial charge on any atom is 0.247 e. The second-order valence-corrected chi connectivity index (χ2v) is 9.38. The van der Waals surface area contributed by atoms with E-state index < -0.39 is 12.0 Å². The monoisotopic (exact) mass is 478 g/mol. The summed E-state index contributed by atoms with van der Waals surface area (Å²) in [5.74, 6) is 1.70. The first-order chi connectivity index (χ1) is 17.1. The molecule has 6 rings (SSSR count). The number of rotatable bonds is 7. The maximum absolute atomic E-state index is 13.2. The van der Waals surface area contributed by atoms with E-state index in [-0.39, 0.29) is 12.0 Å². The summed E-state index contributed by atoms with van der Waals surface area (Å²) in [5.41, 5.74) is 3.68. The smallest absolute Gasteiger partial charge is 0.247 e. The number of hydrogen-bond donors (Lipinski definition) is 3. The number of aromatic amines is 1. The molecule has 1 amide bonds. The van der Waals surface area contributed by atoms with Crippen molar-refractivity contribution >= 4 is 29.2 Å². The third kappa shape index (κ3) is 4.43. The van der Waals surface area contributed by atoms with Gasteiger partial charge in [-0.25, -0.2) is 9.97 Å². The first kappa shape index (κ1) is 21.9. The highest BCUT2D eigenvalue weighted by molar-refractivity contribution is 5.97. The molecule has 1 saturated heterocycles. The van der Waals surface area contributed by atoms with E-state index in [0.29, 0.717) is 30.5 Å². The number of anilines is 4. The van der Waals surface area contributed by atoms with Crippen molar-refractivity contribution in [3.63, 3.8) is 0 Å². The molecule has 2 fully saturated rings. The molecule has 10 nitrogen and oxygen atoms in total. The molecule has 2 unspecified atom stereocenters. The number of aromatic nitrogens is 5. The van der Waals surface area contributed by atoms with Gasteiger partial charge in [0.1, 0.15) is 11.9 Å². The fourth-order valence-electron chi connectivity index (χ4n) is 4.89. The quantitative estimate of drug-likeness (QED) is 0.443. The van der Waals surface area contributed by atoms with Gasteiger partial charge < -0.3 is 20.3 Å². The summed E-state index contributed by atoms with van der Waals surface area (Å²) in [6, 6.07) is 4.21. The number of H-pyrrole nitrogens is 1. The molecule has 35 heavy (non-hydrogen) atoms. The van der Waals surface area contributed by atoms with E-state index in [4.69, 9.17) is 14.7 Å². The van der Waals surface area contributed by atoms with Crippen LogP contribution in [0.2, 0.25) is 0 Å². The second-order valence-electron chi connectivity index (χ2n) is 9.38. The maximum atomic E-state index is 13.2. The van der Waals surface area contributed by atoms with Crippen molar-refractivity contribution in [3.05, 3.63) is 47.3 Å². The number of methoxy groups -OCH3 is 1. The topological polar surface area (TPSA) is 121 Å². The molecule has 11 heteroatoms. The molecule has 3 N–H and O–H groups in total. The zero-order valence-corrected chi connectivity index (χ0v) is 19.4. The molecule has 0 radical (unpaired) electrons. The molecule has 2 aliphatic carbocycles. The van der Waals surface area contributed by atoms with Gasteiger partial charge in [-0.05, 0) is 44.2 Å². The predicted octanol–water partition coefficient (Wildman–Crippen LogP) is 3.08. The van der Waals surface area contributed by atoms with E-state index in [0.717, 1.165) is 47.8 Å². The first-order valence-electron chi connectivity index (χ1n) is 12.0. The number of ether oxygens (including phenoxy) is 1. The number of fused-ring (bicyclic) bond motifs is 1. The summed E-state index contributed by atoms with van der Waals surface area (Å²) in [6.45, 7) is 0.489. The van der Waals surface area contributed by atoms with Gasteiger partial charge >= 0.3 is 0 Å². The number of amides is 1. The molecule has 182 valence electrons. The molecule has 0 bridgehead atoms. The van der Waals surface area contributed by atoms with Gasteiger partial charge in [0.15, 0.2) is 5.82 Å². The number of nitrogens with one attached hydrogen (secondary N) is 3. The van der Waals surface area contributed by atoms with Gasteiger partial charge in [-0.2, -0.15) is 14.5 Å². The molecule has 0 aromatic carbocycles. The molecule has 3 aromatic rings. The highest BCUT2D eigenvalue weighted by Crippen LogP contribution is 2.40. The van der Waals surface area contributed by atoms with Gasteiger partial charge in [-0.3, -0.25) is 9.89 Å². The van der Waals surface area contributed by atoms with E-state index in [9.17, 15) is 9.18 Å². The standard InChI is InChI=1S/C24H27FN8O2/c1-35-15-9-19(23(34)27-14-7-8-20(25)26-11-14)33(12-15)24-28-17-4-2-3-16(17)22(30-24)29-21-10-18(31-32-21)13-5-6-13/h7-8,10-11,13,15,19H,2-6,9,12H2,1H3,(H,27,34)(H2,28,29,30,31,32). The van der Waals surface area contributed by atoms with Crippen molar-refractivity contribution in [1.29, 1.82) is 0 Å². The first-order valence-corrected chi connectivity index (χ1v) is 12.0. The highest BCUT2D eigenvalue weighted by atomic mass is 19.1. The Balaban J connectivity index is 1.28. The number of carbonyl (C=O) groups is 1. The van der Waals surface area contributed by atoms with Gasteiger partial charge in [0.25, 0.3) is 0 Å². The summed E-state index contributed by atoms with van der Waals surface area (Å²) in [7, 11) is 1.64. The van der Waals surface area contributed by atoms with Crippen LogP contribution in [-0.2, 0) is 22.4 Å². The third-order valence-corrected chi connectivity index (χ3v) is 6.93. The number of carbonyl (C=O) groups excluding carboxylic acids is 1. The van der Waals surface area contributed by atoms with Crippen LogP contribution in [0.25, 0.3) is 0 Å². The van der Waals surface area contributed by atoms with Gasteiger partial charge in [-0.15, -0.1) is 0 Å². The number of hydrogen-bond acceptors (Lipinski definition) is 8. The Morgan fingerprint density at radius 3 is 2.91 bits per heavy atom. The molecule has 1 saturated carbocycles. The van der Waals surface area contributed by atoms with Crippen molar-refractivity contribution in [1.82, 2.24) is 25.1 Å². The van der Waals surface area contributed by atoms with Crippen LogP contribution < -0.4 is 15.5 Å². The van der Waals surface area contributed by atoms with Crippen LogP contribution >= 0.6 is 0 Å². The highest BCUT2D eigenvalue weighted by Gasteiger charge is 2.39. The van der Waals surface area contributed by atoms with Crippen LogP contribution in [0.3, 0.4) is 0 Å². The summed E-state index contributed by atoms with van der Waals surface area (Å²) in [6.07, 6.45) is 6.82. The zero-order valence-electron chi connectivity index (χ0n) is 19.4. The van der Waals surface area contributed by atoms with Crippen molar-refractivity contribution in [3.8, 4) is 0 Å². The van der Waals surface area contributed by atoms with E-state index in [1.54, 1.807) is 7.11 Å². The van der Waals surface area contributed by atoms with Crippen LogP contribution in [0.15, 0.2) is 24.4 Å². The number of nitrogens with zero attached hydrogens (tertiary/aromatic N) is 5. The molecule has 1 aliphatic heterocycles. The van der Waals surface area contributed by atoms with Gasteiger partial charge in [0, 0.05) is 43.3 Å². The van der Waals surface area contributed by atoms with Crippen molar-refractivity contribution in [2.45, 2.75) is 56.6 Å². The fraction of sp³-hybridized carbons (Fsp3) is 0.458. The minimum atomic E-state index is -0.599. The van der Waals surface area contributed by atoms with Crippen LogP contribution in [-0.4, -0.2) is 56.9 Å². The average molecular weight is 479 g/mol. The lowest BCUT2D eigenvalue weighted by Crippen LogP contribution is -2.41. The summed E-state index contributed by atoms with van der Waals surface area (Å²) >= 11 is 0. The van der Waals surface area contributed by atoms with Crippen molar-refractivity contribution in [2.24, 2.45) is 0 Å². The van der Waals surface area contributed by atoms with Crippen LogP contribution in [0.1, 0.15) is 48.6 Å². The number of aryl methyl sites for hydroxylation is 1. The number of halogens is 1. The molecule has 3 aromatic heterocycles. The molecular formula is C24H27FN8O2. The minimum Gasteiger partial charge on any atom is -0.380 e. The number of pyridine rings is 1. The Labute approximate surface area is 201 Å². The molecule has 4 heterocycles. The molecule has 2 atom stereocenters. The van der Waals surface area contributed by atoms with Gasteiger partial charge in [0.2, 0.25) is 17.8 Å². The minimum absolute atomic E-state index is 0.141. The molecular weight excluding hydrogens is 451 g/mol. The Bertz CT molecular complexity index is 1240. The van der Waals surface area contributed by atoms with Crippen LogP contribution in [0, 0.1) is 5.95 Å². The van der Waals surface area contributed by atoms with Gasteiger partial charge in [0.05, 0.1) is 23.7 Å². The normalized spacial score (nSPS) is 21.3. The Morgan fingerprint density at radius 1 is 1.26 bits per heavy atom. The van der Waals surface area contributed by atoms with Crippen LogP contribution in [0.4, 0.5) is 27.7 Å². The largest absolute Gasteiger partial charge is 0.380 e. The Kier molecular flexibility index (Phi) is 5.56. The Morgan fingerprint density at radius 2 is 2.14 bits per heavy atom. The summed E-state index contributed by atoms with van der Waals surface area (Å²) in [4.78, 5) is 28.4. The second kappa shape index (κ2) is 8.88. The van der Waals surface area contributed by atoms with E-state index in [1.165, 1.54) is 31.2 Å². The lowest BCUT2D eigenvalue weighted by Gasteiger charge is -2.25. The van der Waals surface area contributed by atoms with E-state index >= 15 is 0 Å². The van der Waals surface area contributed by atoms with Gasteiger partial charge in [-0.1, -0.05) is 0 Å². The van der Waals surface area contributed by atoms with E-state index in [1.807, 2.05) is 11.0 Å². The fourth-order valence-corrected chi connectivity index (χ4v) is 4.89. The summed E-state index contributed by atoms with van der Waals surface area (Å²) < 4.78 is 18.8. The van der Waals surface area contributed by atoms with Crippen molar-refractivity contribution < 1.29 is 13.9 Å². The van der Waals surface area contributed by atoms with Crippen LogP contribution in [0.5, 0.6) is 0 Å². The third-order valence-electron chi connectivity index (χ3n) is 6.93. The van der Waals surface area contributed by atoms with E-state index in [2.05, 4.69) is 25.8 Å². The predicted molar refractivity (Wildman–Crippen MR) is 127 cm³/mol. The Hall–Kier alpha value is -3.60. The molecule has 0 spiro atoms. The average Bonchev–Trinajstić information content (AvgIpc) is 3.24. The summed E-state index contributed by atoms with van der Waals surface area (Å²) in [5, 5.41) is 13.8. The molecule has 3 aliphatic rings.